The Labute approximate surface area is 181 Å². The molecular weight excluding hydrogens is 595 g/mol. The zero-order valence-electron chi connectivity index (χ0n) is 13.3. The fourth-order valence-electron chi connectivity index (χ4n) is 2.09. The van der Waals surface area contributed by atoms with E-state index in [-0.39, 0.29) is 19.7 Å². The molecule has 0 aromatic carbocycles. The van der Waals surface area contributed by atoms with Gasteiger partial charge in [0.05, 0.1) is 13.7 Å². The highest BCUT2D eigenvalue weighted by molar-refractivity contribution is 14.1. The van der Waals surface area contributed by atoms with Gasteiger partial charge in [0.15, 0.2) is 11.3 Å². The van der Waals surface area contributed by atoms with Crippen LogP contribution in [0.3, 0.4) is 0 Å². The number of aromatic nitrogens is 2. The van der Waals surface area contributed by atoms with E-state index in [2.05, 4.69) is 64.6 Å². The molecule has 2 heterocycles. The summed E-state index contributed by atoms with van der Waals surface area (Å²) >= 11 is 15.8. The summed E-state index contributed by atoms with van der Waals surface area (Å²) in [6.07, 6.45) is 0.181. The first kappa shape index (κ1) is 20.7. The lowest BCUT2D eigenvalue weighted by Gasteiger charge is -2.40. The largest absolute Gasteiger partial charge is 0.462 e. The molecule has 0 radical (unpaired) electrons. The average molecular weight is 612 g/mol. The van der Waals surface area contributed by atoms with Crippen LogP contribution >= 0.6 is 78.0 Å². The minimum absolute atomic E-state index is 0.0738. The lowest BCUT2D eigenvalue weighted by molar-refractivity contribution is 0.117. The molecule has 0 N–H and O–H groups in total. The Morgan fingerprint density at radius 2 is 2.08 bits per heavy atom. The van der Waals surface area contributed by atoms with E-state index in [9.17, 15) is 4.79 Å². The van der Waals surface area contributed by atoms with Crippen molar-refractivity contribution in [3.8, 4) is 0 Å². The zero-order chi connectivity index (χ0) is 18.0. The quantitative estimate of drug-likeness (QED) is 0.206. The lowest BCUT2D eigenvalue weighted by atomic mass is 10.2. The molecule has 0 bridgehead atoms. The van der Waals surface area contributed by atoms with Crippen molar-refractivity contribution in [3.63, 3.8) is 0 Å². The Hall–Kier alpha value is 0.410. The van der Waals surface area contributed by atoms with Gasteiger partial charge in [-0.05, 0) is 33.0 Å². The summed E-state index contributed by atoms with van der Waals surface area (Å²) in [5.74, 6) is 0. The molecular formula is C13H17Br2IN4O2S2. The summed E-state index contributed by atoms with van der Waals surface area (Å²) in [4.78, 5) is 16.2. The molecule has 1 fully saturated rings. The van der Waals surface area contributed by atoms with Crippen molar-refractivity contribution in [1.29, 1.82) is 0 Å². The van der Waals surface area contributed by atoms with Crippen LogP contribution in [0.5, 0.6) is 0 Å². The molecule has 134 valence electrons. The molecule has 1 aromatic rings. The molecule has 6 nitrogen and oxygen atoms in total. The fourth-order valence-corrected chi connectivity index (χ4v) is 3.91. The van der Waals surface area contributed by atoms with Crippen LogP contribution < -0.4 is 4.90 Å². The summed E-state index contributed by atoms with van der Waals surface area (Å²) < 4.78 is 5.98. The van der Waals surface area contributed by atoms with Crippen molar-refractivity contribution in [3.05, 3.63) is 5.01 Å². The van der Waals surface area contributed by atoms with E-state index >= 15 is 0 Å². The maximum Gasteiger partial charge on any atom is 0.330 e. The SMILES string of the molecule is CC(I)C(=S)O[C@@H]1CCN(C(C)Br)C(=O)N1c1nnc(C(C)Br)s1. The van der Waals surface area contributed by atoms with Crippen molar-refractivity contribution in [2.24, 2.45) is 0 Å². The second-order valence-corrected chi connectivity index (χ2v) is 11.2. The van der Waals surface area contributed by atoms with Gasteiger partial charge in [-0.2, -0.15) is 0 Å². The highest BCUT2D eigenvalue weighted by atomic mass is 127. The number of nitrogens with zero attached hydrogens (tertiary/aromatic N) is 4. The van der Waals surface area contributed by atoms with Gasteiger partial charge >= 0.3 is 6.03 Å². The van der Waals surface area contributed by atoms with Crippen LogP contribution in [0.4, 0.5) is 9.93 Å². The number of amides is 2. The van der Waals surface area contributed by atoms with E-state index in [0.717, 1.165) is 5.01 Å². The van der Waals surface area contributed by atoms with Gasteiger partial charge in [0.1, 0.15) is 5.01 Å². The Morgan fingerprint density at radius 3 is 2.58 bits per heavy atom. The predicted molar refractivity (Wildman–Crippen MR) is 116 cm³/mol. The molecule has 0 aliphatic carbocycles. The second-order valence-electron chi connectivity index (χ2n) is 5.26. The standard InChI is InChI=1S/C13H17Br2IN4O2S2/c1-6(14)10-17-18-12(24-10)20-9(22-11(23)7(2)16)4-5-19(8(3)15)13(20)21/h6-9H,4-5H2,1-3H3/t6?,7?,8?,9-/m1/s1. The van der Waals surface area contributed by atoms with E-state index in [1.54, 1.807) is 9.80 Å². The van der Waals surface area contributed by atoms with Crippen LogP contribution in [0.2, 0.25) is 0 Å². The van der Waals surface area contributed by atoms with Crippen LogP contribution in [-0.2, 0) is 4.74 Å². The molecule has 2 rings (SSSR count). The van der Waals surface area contributed by atoms with Gasteiger partial charge in [0.25, 0.3) is 0 Å². The summed E-state index contributed by atoms with van der Waals surface area (Å²) in [5.41, 5.74) is 0. The van der Waals surface area contributed by atoms with Crippen LogP contribution in [0.15, 0.2) is 0 Å². The number of hydrogen-bond acceptors (Lipinski definition) is 6. The Morgan fingerprint density at radius 1 is 1.42 bits per heavy atom. The first-order valence-electron chi connectivity index (χ1n) is 7.28. The highest BCUT2D eigenvalue weighted by Gasteiger charge is 2.39. The topological polar surface area (TPSA) is 58.6 Å². The summed E-state index contributed by atoms with van der Waals surface area (Å²) in [6.45, 7) is 6.43. The number of carbonyl (C=O) groups excluding carboxylic acids is 1. The van der Waals surface area contributed by atoms with E-state index < -0.39 is 6.23 Å². The summed E-state index contributed by atoms with van der Waals surface area (Å²) in [6, 6.07) is -0.163. The fraction of sp³-hybridized carbons (Fsp3) is 0.692. The van der Waals surface area contributed by atoms with E-state index in [4.69, 9.17) is 17.0 Å². The summed E-state index contributed by atoms with van der Waals surface area (Å²) in [7, 11) is 0. The number of halogens is 3. The number of alkyl halides is 3. The molecule has 3 unspecified atom stereocenters. The third-order valence-electron chi connectivity index (χ3n) is 3.34. The smallest absolute Gasteiger partial charge is 0.330 e. The van der Waals surface area contributed by atoms with Crippen molar-refractivity contribution >= 4 is 94.2 Å². The first-order valence-corrected chi connectivity index (χ1v) is 11.6. The average Bonchev–Trinajstić information content (AvgIpc) is 2.96. The first-order chi connectivity index (χ1) is 11.2. The number of rotatable bonds is 5. The number of hydrogen-bond donors (Lipinski definition) is 0. The third-order valence-corrected chi connectivity index (χ3v) is 7.11. The van der Waals surface area contributed by atoms with Crippen LogP contribution in [-0.4, -0.2) is 47.8 Å². The predicted octanol–water partition coefficient (Wildman–Crippen LogP) is 4.86. The molecule has 1 aliphatic rings. The molecule has 0 saturated carbocycles. The highest BCUT2D eigenvalue weighted by Crippen LogP contribution is 2.34. The molecule has 1 aliphatic heterocycles. The minimum atomic E-state index is -0.462. The van der Waals surface area contributed by atoms with Crippen molar-refractivity contribution < 1.29 is 9.53 Å². The van der Waals surface area contributed by atoms with Gasteiger partial charge in [0, 0.05) is 13.0 Å². The van der Waals surface area contributed by atoms with Gasteiger partial charge in [0.2, 0.25) is 5.13 Å². The van der Waals surface area contributed by atoms with Gasteiger partial charge in [-0.1, -0.05) is 65.8 Å². The van der Waals surface area contributed by atoms with Gasteiger partial charge in [-0.25, -0.2) is 9.69 Å². The molecule has 4 atom stereocenters. The van der Waals surface area contributed by atoms with Gasteiger partial charge < -0.3 is 9.64 Å². The molecule has 0 spiro atoms. The molecule has 11 heteroatoms. The normalized spacial score (nSPS) is 22.2. The Balaban J connectivity index is 2.31. The zero-order valence-corrected chi connectivity index (χ0v) is 20.2. The lowest BCUT2D eigenvalue weighted by Crippen LogP contribution is -2.57. The van der Waals surface area contributed by atoms with Gasteiger partial charge in [-0.15, -0.1) is 10.2 Å². The maximum atomic E-state index is 12.9. The summed E-state index contributed by atoms with van der Waals surface area (Å²) in [5, 5.41) is 10.2. The second kappa shape index (κ2) is 8.87. The molecule has 1 aromatic heterocycles. The number of ether oxygens (including phenoxy) is 1. The van der Waals surface area contributed by atoms with Crippen LogP contribution in [0.25, 0.3) is 0 Å². The number of urea groups is 1. The number of carbonyl (C=O) groups is 1. The monoisotopic (exact) mass is 610 g/mol. The van der Waals surface area contributed by atoms with E-state index in [1.807, 2.05) is 20.8 Å². The van der Waals surface area contributed by atoms with Crippen LogP contribution in [0.1, 0.15) is 37.0 Å². The van der Waals surface area contributed by atoms with Crippen molar-refractivity contribution in [1.82, 2.24) is 15.1 Å². The molecule has 1 saturated heterocycles. The van der Waals surface area contributed by atoms with Crippen molar-refractivity contribution in [2.75, 3.05) is 11.4 Å². The Bertz CT molecular complexity index is 615. The minimum Gasteiger partial charge on any atom is -0.462 e. The van der Waals surface area contributed by atoms with Gasteiger partial charge in [-0.3, -0.25) is 0 Å². The molecule has 24 heavy (non-hydrogen) atoms. The number of thiocarbonyl (C=S) groups is 1. The van der Waals surface area contributed by atoms with Crippen molar-refractivity contribution in [2.45, 2.75) is 47.1 Å². The van der Waals surface area contributed by atoms with E-state index in [0.29, 0.717) is 23.1 Å². The number of anilines is 1. The van der Waals surface area contributed by atoms with Crippen LogP contribution in [0, 0.1) is 0 Å². The third kappa shape index (κ3) is 4.77. The molecule has 2 amide bonds. The Kier molecular flexibility index (Phi) is 7.66. The van der Waals surface area contributed by atoms with E-state index in [1.165, 1.54) is 11.3 Å². The maximum absolute atomic E-state index is 12.9.